The van der Waals surface area contributed by atoms with E-state index in [1.165, 1.54) is 5.56 Å². The van der Waals surface area contributed by atoms with Gasteiger partial charge < -0.3 is 14.6 Å². The summed E-state index contributed by atoms with van der Waals surface area (Å²) >= 11 is 0. The minimum absolute atomic E-state index is 0.224. The maximum atomic E-state index is 9.60. The van der Waals surface area contributed by atoms with E-state index >= 15 is 0 Å². The van der Waals surface area contributed by atoms with Crippen LogP contribution in [0, 0.1) is 0 Å². The van der Waals surface area contributed by atoms with E-state index in [0.717, 1.165) is 29.1 Å². The number of aliphatic hydroxyl groups is 1. The van der Waals surface area contributed by atoms with Gasteiger partial charge in [0.1, 0.15) is 17.6 Å². The Morgan fingerprint density at radius 2 is 2.32 bits per heavy atom. The highest BCUT2D eigenvalue weighted by atomic mass is 16.5. The van der Waals surface area contributed by atoms with Gasteiger partial charge in [-0.1, -0.05) is 0 Å². The van der Waals surface area contributed by atoms with Crippen LogP contribution in [0.2, 0.25) is 0 Å². The molecule has 0 saturated heterocycles. The Labute approximate surface area is 114 Å². The van der Waals surface area contributed by atoms with Crippen molar-refractivity contribution in [1.29, 1.82) is 0 Å². The summed E-state index contributed by atoms with van der Waals surface area (Å²) in [6, 6.07) is 4.07. The number of aliphatic hydroxyl groups excluding tert-OH is 1. The Balaban J connectivity index is 2.41. The van der Waals surface area contributed by atoms with Gasteiger partial charge in [0.05, 0.1) is 12.7 Å². The average molecular weight is 262 g/mol. The second-order valence-electron chi connectivity index (χ2n) is 5.13. The van der Waals surface area contributed by atoms with E-state index in [-0.39, 0.29) is 6.10 Å². The van der Waals surface area contributed by atoms with Crippen LogP contribution in [-0.4, -0.2) is 23.9 Å². The second kappa shape index (κ2) is 5.66. The molecule has 2 rings (SSSR count). The van der Waals surface area contributed by atoms with Gasteiger partial charge in [-0.25, -0.2) is 0 Å². The van der Waals surface area contributed by atoms with Crippen LogP contribution in [-0.2, 0) is 6.42 Å². The predicted molar refractivity (Wildman–Crippen MR) is 76.7 cm³/mol. The van der Waals surface area contributed by atoms with Crippen LogP contribution in [0.5, 0.6) is 11.5 Å². The SMILES string of the molecule is CCOc1cc2c(cc1/C=C(/C)C(C)O)OC(C)C2. The quantitative estimate of drug-likeness (QED) is 0.905. The van der Waals surface area contributed by atoms with Crippen LogP contribution in [0.15, 0.2) is 17.7 Å². The van der Waals surface area contributed by atoms with Crippen molar-refractivity contribution in [3.8, 4) is 11.5 Å². The van der Waals surface area contributed by atoms with Crippen molar-refractivity contribution in [2.75, 3.05) is 6.61 Å². The first-order valence-electron chi connectivity index (χ1n) is 6.84. The molecule has 0 aromatic heterocycles. The Kier molecular flexibility index (Phi) is 4.15. The molecule has 1 aromatic carbocycles. The minimum Gasteiger partial charge on any atom is -0.493 e. The van der Waals surface area contributed by atoms with Crippen LogP contribution in [0.4, 0.5) is 0 Å². The molecule has 0 spiro atoms. The molecule has 0 aliphatic carbocycles. The lowest BCUT2D eigenvalue weighted by atomic mass is 10.0. The molecular formula is C16H22O3. The largest absolute Gasteiger partial charge is 0.493 e. The summed E-state index contributed by atoms with van der Waals surface area (Å²) in [6.07, 6.45) is 2.65. The molecule has 1 aromatic rings. The van der Waals surface area contributed by atoms with E-state index in [0.29, 0.717) is 6.61 Å². The third-order valence-electron chi connectivity index (χ3n) is 3.37. The highest BCUT2D eigenvalue weighted by molar-refractivity contribution is 5.64. The predicted octanol–water partition coefficient (Wildman–Crippen LogP) is 3.19. The van der Waals surface area contributed by atoms with Gasteiger partial charge in [-0.2, -0.15) is 0 Å². The molecule has 1 aliphatic heterocycles. The van der Waals surface area contributed by atoms with Crippen molar-refractivity contribution in [2.24, 2.45) is 0 Å². The first kappa shape index (κ1) is 13.9. The van der Waals surface area contributed by atoms with Gasteiger partial charge in [0.15, 0.2) is 0 Å². The zero-order chi connectivity index (χ0) is 14.0. The van der Waals surface area contributed by atoms with E-state index in [1.54, 1.807) is 6.92 Å². The Morgan fingerprint density at radius 1 is 1.58 bits per heavy atom. The first-order valence-corrected chi connectivity index (χ1v) is 6.84. The highest BCUT2D eigenvalue weighted by Crippen LogP contribution is 2.36. The maximum Gasteiger partial charge on any atom is 0.127 e. The fraction of sp³-hybridized carbons (Fsp3) is 0.500. The monoisotopic (exact) mass is 262 g/mol. The average Bonchev–Trinajstić information content (AvgIpc) is 2.68. The fourth-order valence-electron chi connectivity index (χ4n) is 2.21. The number of hydrogen-bond donors (Lipinski definition) is 1. The van der Waals surface area contributed by atoms with Gasteiger partial charge >= 0.3 is 0 Å². The van der Waals surface area contributed by atoms with Gasteiger partial charge in [-0.3, -0.25) is 0 Å². The summed E-state index contributed by atoms with van der Waals surface area (Å²) in [7, 11) is 0. The first-order chi connectivity index (χ1) is 9.01. The Bertz CT molecular complexity index is 489. The zero-order valence-electron chi connectivity index (χ0n) is 12.1. The molecular weight excluding hydrogens is 240 g/mol. The summed E-state index contributed by atoms with van der Waals surface area (Å²) in [5.74, 6) is 1.79. The highest BCUT2D eigenvalue weighted by Gasteiger charge is 2.21. The smallest absolute Gasteiger partial charge is 0.127 e. The van der Waals surface area contributed by atoms with Crippen LogP contribution >= 0.6 is 0 Å². The maximum absolute atomic E-state index is 9.60. The molecule has 3 heteroatoms. The molecule has 0 fully saturated rings. The molecule has 0 amide bonds. The van der Waals surface area contributed by atoms with E-state index in [2.05, 4.69) is 13.0 Å². The van der Waals surface area contributed by atoms with Gasteiger partial charge in [0.25, 0.3) is 0 Å². The van der Waals surface area contributed by atoms with Crippen molar-refractivity contribution in [3.05, 3.63) is 28.8 Å². The van der Waals surface area contributed by atoms with Crippen molar-refractivity contribution in [3.63, 3.8) is 0 Å². The van der Waals surface area contributed by atoms with Gasteiger partial charge in [-0.15, -0.1) is 0 Å². The molecule has 0 radical (unpaired) electrons. The van der Waals surface area contributed by atoms with E-state index in [9.17, 15) is 5.11 Å². The summed E-state index contributed by atoms with van der Waals surface area (Å²) in [6.45, 7) is 8.34. The number of hydrogen-bond acceptors (Lipinski definition) is 3. The third kappa shape index (κ3) is 3.10. The van der Waals surface area contributed by atoms with Crippen molar-refractivity contribution in [1.82, 2.24) is 0 Å². The lowest BCUT2D eigenvalue weighted by molar-refractivity contribution is 0.232. The lowest BCUT2D eigenvalue weighted by Gasteiger charge is -2.12. The van der Waals surface area contributed by atoms with E-state index < -0.39 is 6.10 Å². The number of benzene rings is 1. The standard InChI is InChI=1S/C16H22O3/c1-5-18-15-8-14-7-11(3)19-16(14)9-13(15)6-10(2)12(4)17/h6,8-9,11-12,17H,5,7H2,1-4H3/b10-6-. The molecule has 1 N–H and O–H groups in total. The number of ether oxygens (including phenoxy) is 2. The third-order valence-corrected chi connectivity index (χ3v) is 3.37. The number of fused-ring (bicyclic) bond motifs is 1. The Morgan fingerprint density at radius 3 is 2.95 bits per heavy atom. The molecule has 0 saturated carbocycles. The minimum atomic E-state index is -0.456. The molecule has 19 heavy (non-hydrogen) atoms. The molecule has 3 nitrogen and oxygen atoms in total. The normalized spacial score (nSPS) is 19.8. The molecule has 104 valence electrons. The molecule has 0 bridgehead atoms. The lowest BCUT2D eigenvalue weighted by Crippen LogP contribution is -2.05. The summed E-state index contributed by atoms with van der Waals surface area (Å²) in [4.78, 5) is 0. The zero-order valence-corrected chi connectivity index (χ0v) is 12.1. The molecule has 2 unspecified atom stereocenters. The van der Waals surface area contributed by atoms with Crippen LogP contribution in [0.3, 0.4) is 0 Å². The summed E-state index contributed by atoms with van der Waals surface area (Å²) < 4.78 is 11.5. The summed E-state index contributed by atoms with van der Waals surface area (Å²) in [5, 5.41) is 9.60. The second-order valence-corrected chi connectivity index (χ2v) is 5.13. The molecule has 1 aliphatic rings. The van der Waals surface area contributed by atoms with E-state index in [4.69, 9.17) is 9.47 Å². The van der Waals surface area contributed by atoms with Crippen LogP contribution < -0.4 is 9.47 Å². The van der Waals surface area contributed by atoms with Gasteiger partial charge in [-0.05, 0) is 51.5 Å². The van der Waals surface area contributed by atoms with Crippen LogP contribution in [0.25, 0.3) is 6.08 Å². The molecule has 2 atom stereocenters. The van der Waals surface area contributed by atoms with Crippen molar-refractivity contribution >= 4 is 6.08 Å². The van der Waals surface area contributed by atoms with Crippen molar-refractivity contribution in [2.45, 2.75) is 46.3 Å². The van der Waals surface area contributed by atoms with Crippen LogP contribution in [0.1, 0.15) is 38.8 Å². The van der Waals surface area contributed by atoms with Crippen molar-refractivity contribution < 1.29 is 14.6 Å². The fourth-order valence-corrected chi connectivity index (χ4v) is 2.21. The number of rotatable bonds is 4. The van der Waals surface area contributed by atoms with Gasteiger partial charge in [0.2, 0.25) is 0 Å². The summed E-state index contributed by atoms with van der Waals surface area (Å²) in [5.41, 5.74) is 3.07. The van der Waals surface area contributed by atoms with E-state index in [1.807, 2.05) is 26.0 Å². The topological polar surface area (TPSA) is 38.7 Å². The van der Waals surface area contributed by atoms with Gasteiger partial charge in [0, 0.05) is 17.5 Å². The molecule has 1 heterocycles. The Hall–Kier alpha value is -1.48.